The molecule has 0 radical (unpaired) electrons. The summed E-state index contributed by atoms with van der Waals surface area (Å²) in [6.45, 7) is 2.37. The van der Waals surface area contributed by atoms with Gasteiger partial charge in [0, 0.05) is 30.1 Å². The molecule has 0 unspecified atom stereocenters. The highest BCUT2D eigenvalue weighted by Crippen LogP contribution is 2.20. The Morgan fingerprint density at radius 3 is 2.38 bits per heavy atom. The molecule has 0 aliphatic rings. The van der Waals surface area contributed by atoms with Gasteiger partial charge >= 0.3 is 0 Å². The lowest BCUT2D eigenvalue weighted by molar-refractivity contribution is 0.0947. The molecule has 0 spiro atoms. The summed E-state index contributed by atoms with van der Waals surface area (Å²) in [5.74, 6) is 0.132. The summed E-state index contributed by atoms with van der Waals surface area (Å²) in [7, 11) is 0. The minimum absolute atomic E-state index is 0.300. The van der Waals surface area contributed by atoms with Crippen LogP contribution in [0.1, 0.15) is 21.5 Å². The summed E-state index contributed by atoms with van der Waals surface area (Å²) in [6.07, 6.45) is 3.10. The number of aryl methyl sites for hydroxylation is 1. The normalized spacial score (nSPS) is 10.7. The third-order valence-electron chi connectivity index (χ3n) is 4.40. The highest BCUT2D eigenvalue weighted by atomic mass is 19.1. The van der Waals surface area contributed by atoms with Gasteiger partial charge in [0.2, 0.25) is 5.95 Å². The lowest BCUT2D eigenvalue weighted by atomic mass is 10.1. The van der Waals surface area contributed by atoms with Gasteiger partial charge in [-0.15, -0.1) is 5.10 Å². The van der Waals surface area contributed by atoms with Crippen molar-refractivity contribution in [2.75, 3.05) is 5.32 Å². The number of anilines is 1. The first kappa shape index (κ1) is 18.5. The molecule has 0 aliphatic carbocycles. The number of hydrogen-bond donors (Lipinski definition) is 1. The van der Waals surface area contributed by atoms with E-state index in [4.69, 9.17) is 0 Å². The highest BCUT2D eigenvalue weighted by Gasteiger charge is 2.18. The number of carbonyl (C=O) groups is 1. The van der Waals surface area contributed by atoms with E-state index in [0.29, 0.717) is 23.9 Å². The van der Waals surface area contributed by atoms with Gasteiger partial charge in [-0.1, -0.05) is 42.0 Å². The van der Waals surface area contributed by atoms with Crippen LogP contribution >= 0.6 is 0 Å². The molecular formula is C22H18FN5O. The summed E-state index contributed by atoms with van der Waals surface area (Å²) in [4.78, 5) is 21.4. The molecule has 0 fully saturated rings. The Balaban J connectivity index is 1.68. The van der Waals surface area contributed by atoms with Crippen molar-refractivity contribution in [3.63, 3.8) is 0 Å². The number of benzene rings is 2. The zero-order chi connectivity index (χ0) is 20.2. The maximum Gasteiger partial charge on any atom is 0.281 e. The maximum absolute atomic E-state index is 13.1. The fourth-order valence-corrected chi connectivity index (χ4v) is 2.79. The van der Waals surface area contributed by atoms with Gasteiger partial charge in [0.05, 0.1) is 0 Å². The van der Waals surface area contributed by atoms with Gasteiger partial charge in [0.25, 0.3) is 5.91 Å². The number of nitrogens with zero attached hydrogens (tertiary/aromatic N) is 4. The van der Waals surface area contributed by atoms with E-state index in [1.165, 1.54) is 16.8 Å². The van der Waals surface area contributed by atoms with E-state index in [1.54, 1.807) is 36.7 Å². The minimum atomic E-state index is -0.320. The fraction of sp³-hybridized carbons (Fsp3) is 0.0909. The quantitative estimate of drug-likeness (QED) is 0.558. The molecule has 144 valence electrons. The van der Waals surface area contributed by atoms with Crippen molar-refractivity contribution in [2.24, 2.45) is 0 Å². The number of halogens is 1. The molecule has 29 heavy (non-hydrogen) atoms. The Morgan fingerprint density at radius 2 is 1.69 bits per heavy atom. The zero-order valence-electron chi connectivity index (χ0n) is 15.7. The molecule has 2 aromatic carbocycles. The van der Waals surface area contributed by atoms with Gasteiger partial charge < -0.3 is 5.32 Å². The average molecular weight is 387 g/mol. The second kappa shape index (κ2) is 8.02. The van der Waals surface area contributed by atoms with Gasteiger partial charge in [-0.25, -0.2) is 4.39 Å². The van der Waals surface area contributed by atoms with E-state index >= 15 is 0 Å². The Labute approximate surface area is 167 Å². The minimum Gasteiger partial charge on any atom is -0.350 e. The van der Waals surface area contributed by atoms with Gasteiger partial charge in [0.15, 0.2) is 5.82 Å². The van der Waals surface area contributed by atoms with Crippen LogP contribution < -0.4 is 5.32 Å². The Morgan fingerprint density at radius 1 is 1.00 bits per heavy atom. The monoisotopic (exact) mass is 387 g/mol. The molecule has 2 heterocycles. The van der Waals surface area contributed by atoms with Gasteiger partial charge in [-0.3, -0.25) is 9.78 Å². The van der Waals surface area contributed by atoms with Crippen molar-refractivity contribution in [3.8, 4) is 11.4 Å². The van der Waals surface area contributed by atoms with Crippen LogP contribution in [0, 0.1) is 12.7 Å². The molecule has 0 atom stereocenters. The molecule has 1 N–H and O–H groups in total. The van der Waals surface area contributed by atoms with Crippen LogP contribution in [0.5, 0.6) is 0 Å². The van der Waals surface area contributed by atoms with Crippen molar-refractivity contribution in [2.45, 2.75) is 13.5 Å². The largest absolute Gasteiger partial charge is 0.350 e. The fourth-order valence-electron chi connectivity index (χ4n) is 2.79. The average Bonchev–Trinajstić information content (AvgIpc) is 3.18. The van der Waals surface area contributed by atoms with Crippen LogP contribution in [0.4, 0.5) is 10.3 Å². The SMILES string of the molecule is Cc1ccc(-c2nc(NCc3ccc(F)cc3)n(C(=O)c3ccncc3)n2)cc1. The number of hydrogen-bond acceptors (Lipinski definition) is 5. The van der Waals surface area contributed by atoms with Crippen LogP contribution in [0.25, 0.3) is 11.4 Å². The number of carbonyl (C=O) groups excluding carboxylic acids is 1. The zero-order valence-corrected chi connectivity index (χ0v) is 15.7. The third kappa shape index (κ3) is 4.19. The van der Waals surface area contributed by atoms with E-state index in [0.717, 1.165) is 16.7 Å². The van der Waals surface area contributed by atoms with Crippen molar-refractivity contribution in [3.05, 3.63) is 95.6 Å². The Kier molecular flexibility index (Phi) is 5.11. The molecule has 4 aromatic rings. The van der Waals surface area contributed by atoms with Crippen LogP contribution in [0.15, 0.2) is 73.1 Å². The highest BCUT2D eigenvalue weighted by molar-refractivity contribution is 5.96. The first-order valence-corrected chi connectivity index (χ1v) is 9.07. The predicted octanol–water partition coefficient (Wildman–Crippen LogP) is 4.09. The first-order chi connectivity index (χ1) is 14.1. The van der Waals surface area contributed by atoms with Gasteiger partial charge in [0.1, 0.15) is 5.82 Å². The number of nitrogens with one attached hydrogen (secondary N) is 1. The Bertz CT molecular complexity index is 1120. The molecular weight excluding hydrogens is 369 g/mol. The maximum atomic E-state index is 13.1. The molecule has 0 aliphatic heterocycles. The van der Waals surface area contributed by atoms with Crippen LogP contribution in [0.2, 0.25) is 0 Å². The summed E-state index contributed by atoms with van der Waals surface area (Å²) in [6, 6.07) is 17.1. The number of aromatic nitrogens is 4. The third-order valence-corrected chi connectivity index (χ3v) is 4.40. The molecule has 0 bridgehead atoms. The first-order valence-electron chi connectivity index (χ1n) is 9.07. The number of pyridine rings is 1. The summed E-state index contributed by atoms with van der Waals surface area (Å²) >= 11 is 0. The number of rotatable bonds is 5. The molecule has 2 aromatic heterocycles. The summed E-state index contributed by atoms with van der Waals surface area (Å²) < 4.78 is 14.4. The lowest BCUT2D eigenvalue weighted by Gasteiger charge is -2.07. The Hall–Kier alpha value is -3.87. The summed E-state index contributed by atoms with van der Waals surface area (Å²) in [5.41, 5.74) is 3.23. The second-order valence-electron chi connectivity index (χ2n) is 6.56. The summed E-state index contributed by atoms with van der Waals surface area (Å²) in [5, 5.41) is 7.56. The van der Waals surface area contributed by atoms with E-state index in [-0.39, 0.29) is 11.7 Å². The standard InChI is InChI=1S/C22H18FN5O/c1-15-2-6-17(7-3-15)20-26-22(25-14-16-4-8-19(23)9-5-16)28(27-20)21(29)18-10-12-24-13-11-18/h2-13H,14H2,1H3,(H,25,26,27). The van der Waals surface area contributed by atoms with Crippen LogP contribution in [-0.2, 0) is 6.54 Å². The molecule has 4 rings (SSSR count). The van der Waals surface area contributed by atoms with Gasteiger partial charge in [-0.05, 0) is 36.8 Å². The van der Waals surface area contributed by atoms with Crippen molar-refractivity contribution in [1.82, 2.24) is 19.7 Å². The van der Waals surface area contributed by atoms with E-state index in [9.17, 15) is 9.18 Å². The smallest absolute Gasteiger partial charge is 0.281 e. The molecule has 7 heteroatoms. The van der Waals surface area contributed by atoms with Crippen LogP contribution in [-0.4, -0.2) is 25.7 Å². The predicted molar refractivity (Wildman–Crippen MR) is 108 cm³/mol. The van der Waals surface area contributed by atoms with E-state index < -0.39 is 0 Å². The molecule has 0 saturated carbocycles. The van der Waals surface area contributed by atoms with Crippen molar-refractivity contribution < 1.29 is 9.18 Å². The van der Waals surface area contributed by atoms with E-state index in [1.807, 2.05) is 31.2 Å². The molecule has 0 amide bonds. The van der Waals surface area contributed by atoms with E-state index in [2.05, 4.69) is 20.4 Å². The van der Waals surface area contributed by atoms with Crippen LogP contribution in [0.3, 0.4) is 0 Å². The second-order valence-corrected chi connectivity index (χ2v) is 6.56. The molecule has 6 nitrogen and oxygen atoms in total. The lowest BCUT2D eigenvalue weighted by Crippen LogP contribution is -2.17. The van der Waals surface area contributed by atoms with Crippen molar-refractivity contribution >= 4 is 11.9 Å². The topological polar surface area (TPSA) is 72.7 Å². The van der Waals surface area contributed by atoms with Crippen molar-refractivity contribution in [1.29, 1.82) is 0 Å². The molecule has 0 saturated heterocycles. The van der Waals surface area contributed by atoms with Gasteiger partial charge in [-0.2, -0.15) is 9.67 Å².